The highest BCUT2D eigenvalue weighted by Gasteiger charge is 2.17. The van der Waals surface area contributed by atoms with Crippen molar-refractivity contribution < 1.29 is 14.5 Å². The molecular weight excluding hydrogens is 224 g/mol. The molecule has 0 aliphatic carbocycles. The maximum atomic E-state index is 11.2. The lowest BCUT2D eigenvalue weighted by Crippen LogP contribution is -2.14. The molecule has 0 saturated heterocycles. The fourth-order valence-electron chi connectivity index (χ4n) is 1.33. The van der Waals surface area contributed by atoms with Gasteiger partial charge < -0.3 is 4.74 Å². The molecule has 0 aromatic heterocycles. The van der Waals surface area contributed by atoms with E-state index in [1.165, 1.54) is 6.07 Å². The van der Waals surface area contributed by atoms with Gasteiger partial charge in [0.2, 0.25) is 0 Å². The van der Waals surface area contributed by atoms with Crippen LogP contribution >= 0.6 is 0 Å². The average Bonchev–Trinajstić information content (AvgIpc) is 2.23. The van der Waals surface area contributed by atoms with Gasteiger partial charge in [-0.15, -0.1) is 0 Å². The summed E-state index contributed by atoms with van der Waals surface area (Å²) in [5.74, 6) is 0. The van der Waals surface area contributed by atoms with E-state index in [1.54, 1.807) is 19.9 Å². The number of ether oxygens (including phenoxy) is 1. The molecule has 1 aromatic rings. The summed E-state index contributed by atoms with van der Waals surface area (Å²) in [5.41, 5.74) is 1.67. The molecule has 6 nitrogen and oxygen atoms in total. The van der Waals surface area contributed by atoms with Crippen LogP contribution in [0.3, 0.4) is 0 Å². The Bertz CT molecular complexity index is 457. The highest BCUT2D eigenvalue weighted by Crippen LogP contribution is 2.27. The SMILES string of the molecule is CCOC(=O)Nc1cc(C)c(C)cc1[N+](=O)[O-]. The molecular formula is C11H14N2O4. The van der Waals surface area contributed by atoms with E-state index in [9.17, 15) is 14.9 Å². The Kier molecular flexibility index (Phi) is 4.03. The summed E-state index contributed by atoms with van der Waals surface area (Å²) >= 11 is 0. The number of nitrogens with zero attached hydrogens (tertiary/aromatic N) is 1. The van der Waals surface area contributed by atoms with Crippen LogP contribution in [0.15, 0.2) is 12.1 Å². The van der Waals surface area contributed by atoms with Crippen molar-refractivity contribution in [3.63, 3.8) is 0 Å². The second-order valence-electron chi connectivity index (χ2n) is 3.56. The minimum absolute atomic E-state index is 0.138. The van der Waals surface area contributed by atoms with Gasteiger partial charge >= 0.3 is 6.09 Å². The summed E-state index contributed by atoms with van der Waals surface area (Å²) in [6.07, 6.45) is -0.696. The number of amides is 1. The van der Waals surface area contributed by atoms with Gasteiger partial charge in [-0.2, -0.15) is 0 Å². The maximum absolute atomic E-state index is 11.2. The topological polar surface area (TPSA) is 81.5 Å². The average molecular weight is 238 g/mol. The van der Waals surface area contributed by atoms with Crippen LogP contribution in [0.1, 0.15) is 18.1 Å². The van der Waals surface area contributed by atoms with E-state index in [4.69, 9.17) is 0 Å². The molecule has 0 saturated carbocycles. The molecule has 0 aliphatic rings. The summed E-state index contributed by atoms with van der Waals surface area (Å²) in [7, 11) is 0. The largest absolute Gasteiger partial charge is 0.450 e. The van der Waals surface area contributed by atoms with E-state index in [1.807, 2.05) is 6.92 Å². The fraction of sp³-hybridized carbons (Fsp3) is 0.364. The number of nitro groups is 1. The first kappa shape index (κ1) is 13.0. The van der Waals surface area contributed by atoms with Gasteiger partial charge in [-0.3, -0.25) is 15.4 Å². The first-order chi connectivity index (χ1) is 7.95. The van der Waals surface area contributed by atoms with Crippen molar-refractivity contribution in [2.24, 2.45) is 0 Å². The van der Waals surface area contributed by atoms with Gasteiger partial charge in [0.15, 0.2) is 0 Å². The van der Waals surface area contributed by atoms with Crippen LogP contribution in [-0.2, 0) is 4.74 Å². The molecule has 92 valence electrons. The summed E-state index contributed by atoms with van der Waals surface area (Å²) in [6.45, 7) is 5.46. The molecule has 1 aromatic carbocycles. The molecule has 0 fully saturated rings. The van der Waals surface area contributed by atoms with Gasteiger partial charge in [0.25, 0.3) is 5.69 Å². The van der Waals surface area contributed by atoms with Crippen molar-refractivity contribution >= 4 is 17.5 Å². The molecule has 1 amide bonds. The number of carbonyl (C=O) groups is 1. The second kappa shape index (κ2) is 5.29. The first-order valence-corrected chi connectivity index (χ1v) is 5.15. The zero-order valence-electron chi connectivity index (χ0n) is 9.94. The Morgan fingerprint density at radius 1 is 1.41 bits per heavy atom. The smallest absolute Gasteiger partial charge is 0.411 e. The van der Waals surface area contributed by atoms with Crippen molar-refractivity contribution in [3.05, 3.63) is 33.4 Å². The van der Waals surface area contributed by atoms with Crippen LogP contribution in [-0.4, -0.2) is 17.6 Å². The molecule has 1 N–H and O–H groups in total. The van der Waals surface area contributed by atoms with Crippen LogP contribution < -0.4 is 5.32 Å². The van der Waals surface area contributed by atoms with E-state index >= 15 is 0 Å². The number of anilines is 1. The second-order valence-corrected chi connectivity index (χ2v) is 3.56. The molecule has 0 heterocycles. The zero-order chi connectivity index (χ0) is 13.0. The number of nitro benzene ring substituents is 1. The third-order valence-electron chi connectivity index (χ3n) is 2.32. The lowest BCUT2D eigenvalue weighted by Gasteiger charge is -2.08. The third kappa shape index (κ3) is 3.17. The molecule has 0 aliphatic heterocycles. The Labute approximate surface area is 98.7 Å². The van der Waals surface area contributed by atoms with Crippen molar-refractivity contribution in [1.82, 2.24) is 0 Å². The van der Waals surface area contributed by atoms with Gasteiger partial charge in [-0.25, -0.2) is 4.79 Å². The van der Waals surface area contributed by atoms with Gasteiger partial charge in [0, 0.05) is 6.07 Å². The third-order valence-corrected chi connectivity index (χ3v) is 2.32. The van der Waals surface area contributed by atoms with Gasteiger partial charge in [0.05, 0.1) is 11.5 Å². The molecule has 0 bridgehead atoms. The summed E-state index contributed by atoms with van der Waals surface area (Å²) < 4.78 is 4.68. The molecule has 0 unspecified atom stereocenters. The highest BCUT2D eigenvalue weighted by atomic mass is 16.6. The predicted octanol–water partition coefficient (Wildman–Crippen LogP) is 2.78. The summed E-state index contributed by atoms with van der Waals surface area (Å²) in [6, 6.07) is 2.99. The van der Waals surface area contributed by atoms with Crippen molar-refractivity contribution in [1.29, 1.82) is 0 Å². The number of hydrogen-bond donors (Lipinski definition) is 1. The number of hydrogen-bond acceptors (Lipinski definition) is 4. The lowest BCUT2D eigenvalue weighted by atomic mass is 10.1. The summed E-state index contributed by atoms with van der Waals surface area (Å²) in [4.78, 5) is 21.5. The zero-order valence-corrected chi connectivity index (χ0v) is 9.94. The molecule has 0 spiro atoms. The van der Waals surface area contributed by atoms with Crippen molar-refractivity contribution in [3.8, 4) is 0 Å². The van der Waals surface area contributed by atoms with Crippen LogP contribution in [0, 0.1) is 24.0 Å². The molecule has 0 radical (unpaired) electrons. The number of benzene rings is 1. The maximum Gasteiger partial charge on any atom is 0.411 e. The molecule has 0 atom stereocenters. The Hall–Kier alpha value is -2.11. The normalized spacial score (nSPS) is 9.82. The van der Waals surface area contributed by atoms with E-state index in [0.29, 0.717) is 0 Å². The Morgan fingerprint density at radius 3 is 2.53 bits per heavy atom. The van der Waals surface area contributed by atoms with Crippen LogP contribution in [0.5, 0.6) is 0 Å². The fourth-order valence-corrected chi connectivity index (χ4v) is 1.33. The van der Waals surface area contributed by atoms with Crippen LogP contribution in [0.2, 0.25) is 0 Å². The van der Waals surface area contributed by atoms with Crippen molar-refractivity contribution in [2.45, 2.75) is 20.8 Å². The van der Waals surface area contributed by atoms with Crippen LogP contribution in [0.4, 0.5) is 16.2 Å². The Balaban J connectivity index is 3.08. The van der Waals surface area contributed by atoms with E-state index in [-0.39, 0.29) is 18.0 Å². The van der Waals surface area contributed by atoms with Gasteiger partial charge in [-0.1, -0.05) is 0 Å². The predicted molar refractivity (Wildman–Crippen MR) is 63.2 cm³/mol. The van der Waals surface area contributed by atoms with Gasteiger partial charge in [-0.05, 0) is 38.0 Å². The quantitative estimate of drug-likeness (QED) is 0.648. The number of nitrogens with one attached hydrogen (secondary N) is 1. The van der Waals surface area contributed by atoms with Crippen molar-refractivity contribution in [2.75, 3.05) is 11.9 Å². The number of carbonyl (C=O) groups excluding carboxylic acids is 1. The molecule has 17 heavy (non-hydrogen) atoms. The number of aryl methyl sites for hydroxylation is 2. The first-order valence-electron chi connectivity index (χ1n) is 5.15. The lowest BCUT2D eigenvalue weighted by molar-refractivity contribution is -0.384. The van der Waals surface area contributed by atoms with Crippen LogP contribution in [0.25, 0.3) is 0 Å². The molecule has 1 rings (SSSR count). The summed E-state index contributed by atoms with van der Waals surface area (Å²) in [5, 5.41) is 13.2. The number of rotatable bonds is 3. The monoisotopic (exact) mass is 238 g/mol. The minimum atomic E-state index is -0.696. The highest BCUT2D eigenvalue weighted by molar-refractivity contribution is 5.88. The van der Waals surface area contributed by atoms with E-state index < -0.39 is 11.0 Å². The standard InChI is InChI=1S/C11H14N2O4/c1-4-17-11(14)12-9-5-7(2)8(3)6-10(9)13(15)16/h5-6H,4H2,1-3H3,(H,12,14). The van der Waals surface area contributed by atoms with Gasteiger partial charge in [0.1, 0.15) is 5.69 Å². The minimum Gasteiger partial charge on any atom is -0.450 e. The Morgan fingerprint density at radius 2 is 2.00 bits per heavy atom. The van der Waals surface area contributed by atoms with E-state index in [0.717, 1.165) is 11.1 Å². The van der Waals surface area contributed by atoms with E-state index in [2.05, 4.69) is 10.1 Å². The molecule has 6 heteroatoms.